The number of hydrogen-bond acceptors (Lipinski definition) is 3. The van der Waals surface area contributed by atoms with Crippen LogP contribution in [0.4, 0.5) is 8.78 Å². The summed E-state index contributed by atoms with van der Waals surface area (Å²) in [6.07, 6.45) is 0. The van der Waals surface area contributed by atoms with Gasteiger partial charge in [0.1, 0.15) is 17.0 Å². The van der Waals surface area contributed by atoms with E-state index >= 15 is 0 Å². The molecule has 0 unspecified atom stereocenters. The van der Waals surface area contributed by atoms with Crippen molar-refractivity contribution in [1.82, 2.24) is 10.5 Å². The van der Waals surface area contributed by atoms with E-state index in [-0.39, 0.29) is 16.6 Å². The van der Waals surface area contributed by atoms with Gasteiger partial charge in [0.15, 0.2) is 5.82 Å². The molecule has 6 heteroatoms. The molecule has 4 nitrogen and oxygen atoms in total. The number of aromatic nitrogens is 1. The summed E-state index contributed by atoms with van der Waals surface area (Å²) in [5.41, 5.74) is 1.66. The molecule has 0 aliphatic rings. The summed E-state index contributed by atoms with van der Waals surface area (Å²) in [6.45, 7) is 1.59. The van der Waals surface area contributed by atoms with Crippen LogP contribution in [0.3, 0.4) is 0 Å². The fourth-order valence-corrected chi connectivity index (χ4v) is 1.59. The Kier molecular flexibility index (Phi) is 2.72. The van der Waals surface area contributed by atoms with Gasteiger partial charge in [0.05, 0.1) is 0 Å². The lowest BCUT2D eigenvalue weighted by atomic mass is 10.1. The summed E-state index contributed by atoms with van der Waals surface area (Å²) < 4.78 is 26.5. The molecule has 0 aliphatic heterocycles. The maximum atomic E-state index is 13.5. The number of carbonyl (C=O) groups excluding carboxylic acids is 1. The fraction of sp³-hybridized carbons (Fsp3) is 0.0909. The molecule has 0 saturated carbocycles. The van der Waals surface area contributed by atoms with Crippen molar-refractivity contribution in [3.63, 3.8) is 0 Å². The number of nitrogens with zero attached hydrogens (tertiary/aromatic N) is 1. The van der Waals surface area contributed by atoms with Crippen LogP contribution >= 0.6 is 0 Å². The highest BCUT2D eigenvalue weighted by atomic mass is 19.1. The van der Waals surface area contributed by atoms with Crippen molar-refractivity contribution in [2.24, 2.45) is 0 Å². The Morgan fingerprint density at radius 2 is 2.06 bits per heavy atom. The summed E-state index contributed by atoms with van der Waals surface area (Å²) in [7, 11) is 0. The zero-order valence-corrected chi connectivity index (χ0v) is 8.79. The van der Waals surface area contributed by atoms with Crippen LogP contribution in [0, 0.1) is 18.6 Å². The molecule has 2 N–H and O–H groups in total. The minimum Gasteiger partial charge on any atom is -0.288 e. The van der Waals surface area contributed by atoms with E-state index in [9.17, 15) is 13.6 Å². The lowest BCUT2D eigenvalue weighted by molar-refractivity contribution is 0.0701. The van der Waals surface area contributed by atoms with Crippen LogP contribution in [0.5, 0.6) is 0 Å². The Bertz CT molecular complexity index is 614. The number of hydroxylamine groups is 1. The van der Waals surface area contributed by atoms with E-state index in [1.165, 1.54) is 11.5 Å². The Morgan fingerprint density at radius 3 is 2.71 bits per heavy atom. The van der Waals surface area contributed by atoms with Gasteiger partial charge in [0.2, 0.25) is 0 Å². The quantitative estimate of drug-likeness (QED) is 0.589. The number of nitrogens with one attached hydrogen (secondary N) is 1. The molecule has 0 saturated heterocycles. The molecule has 2 rings (SSSR count). The summed E-state index contributed by atoms with van der Waals surface area (Å²) in [5.74, 6) is -2.41. The molecule has 1 aromatic carbocycles. The van der Waals surface area contributed by atoms with Gasteiger partial charge in [0, 0.05) is 11.5 Å². The summed E-state index contributed by atoms with van der Waals surface area (Å²) >= 11 is 0. The van der Waals surface area contributed by atoms with Crippen LogP contribution in [0.2, 0.25) is 0 Å². The molecule has 0 bridgehead atoms. The summed E-state index contributed by atoms with van der Waals surface area (Å²) in [6, 6.07) is 3.17. The molecule has 0 fully saturated rings. The minimum atomic E-state index is -0.851. The molecule has 0 radical (unpaired) electrons. The molecule has 0 aliphatic carbocycles. The highest BCUT2D eigenvalue weighted by molar-refractivity contribution is 5.95. The first-order valence-corrected chi connectivity index (χ1v) is 4.73. The highest BCUT2D eigenvalue weighted by Crippen LogP contribution is 2.22. The van der Waals surface area contributed by atoms with Crippen LogP contribution in [-0.2, 0) is 0 Å². The van der Waals surface area contributed by atoms with E-state index in [1.54, 1.807) is 6.92 Å². The Balaban J connectivity index is 2.77. The van der Waals surface area contributed by atoms with Crippen molar-refractivity contribution in [2.45, 2.75) is 6.92 Å². The average Bonchev–Trinajstić information content (AvgIpc) is 2.29. The van der Waals surface area contributed by atoms with Gasteiger partial charge >= 0.3 is 0 Å². The number of hydrogen-bond donors (Lipinski definition) is 2. The second-order valence-corrected chi connectivity index (χ2v) is 3.55. The van der Waals surface area contributed by atoms with Crippen molar-refractivity contribution < 1.29 is 18.8 Å². The second-order valence-electron chi connectivity index (χ2n) is 3.55. The Hall–Kier alpha value is -2.08. The molecular formula is C11H8F2N2O2. The zero-order chi connectivity index (χ0) is 12.6. The van der Waals surface area contributed by atoms with E-state index in [0.717, 1.165) is 6.07 Å². The topological polar surface area (TPSA) is 62.2 Å². The fourth-order valence-electron chi connectivity index (χ4n) is 1.59. The van der Waals surface area contributed by atoms with E-state index in [4.69, 9.17) is 5.21 Å². The zero-order valence-electron chi connectivity index (χ0n) is 8.79. The normalized spacial score (nSPS) is 10.6. The lowest BCUT2D eigenvalue weighted by Gasteiger charge is -2.06. The predicted molar refractivity (Wildman–Crippen MR) is 55.6 cm³/mol. The smallest absolute Gasteiger partial charge is 0.288 e. The molecule has 0 atom stereocenters. The van der Waals surface area contributed by atoms with Gasteiger partial charge in [-0.05, 0) is 24.6 Å². The Labute approximate surface area is 94.9 Å². The van der Waals surface area contributed by atoms with Crippen molar-refractivity contribution >= 4 is 16.8 Å². The molecule has 2 aromatic rings. The largest absolute Gasteiger partial charge is 0.293 e. The van der Waals surface area contributed by atoms with Crippen LogP contribution < -0.4 is 5.48 Å². The van der Waals surface area contributed by atoms with Gasteiger partial charge < -0.3 is 0 Å². The number of pyridine rings is 1. The molecule has 88 valence electrons. The first-order valence-electron chi connectivity index (χ1n) is 4.73. The number of halogens is 2. The standard InChI is InChI=1S/C11H8F2N2O2/c1-5-2-9(11(16)15-17)14-10-7(5)3-6(12)4-8(10)13/h2-4,17H,1H3,(H,15,16). The van der Waals surface area contributed by atoms with Gasteiger partial charge in [-0.1, -0.05) is 0 Å². The lowest BCUT2D eigenvalue weighted by Crippen LogP contribution is -2.20. The predicted octanol–water partition coefficient (Wildman–Crippen LogP) is 1.94. The summed E-state index contributed by atoms with van der Waals surface area (Å²) in [4.78, 5) is 14.9. The number of aryl methyl sites for hydroxylation is 1. The third-order valence-corrected chi connectivity index (χ3v) is 2.37. The van der Waals surface area contributed by atoms with E-state index in [2.05, 4.69) is 4.98 Å². The molecule has 1 heterocycles. The van der Waals surface area contributed by atoms with E-state index < -0.39 is 17.5 Å². The van der Waals surface area contributed by atoms with Crippen LogP contribution in [0.25, 0.3) is 10.9 Å². The van der Waals surface area contributed by atoms with Gasteiger partial charge in [-0.15, -0.1) is 0 Å². The first kappa shape index (κ1) is 11.4. The van der Waals surface area contributed by atoms with Crippen LogP contribution in [0.15, 0.2) is 18.2 Å². The molecule has 1 amide bonds. The number of benzene rings is 1. The number of amides is 1. The third kappa shape index (κ3) is 1.94. The van der Waals surface area contributed by atoms with Crippen molar-refractivity contribution in [3.8, 4) is 0 Å². The monoisotopic (exact) mass is 238 g/mol. The van der Waals surface area contributed by atoms with Crippen LogP contribution in [-0.4, -0.2) is 16.1 Å². The molecule has 17 heavy (non-hydrogen) atoms. The van der Waals surface area contributed by atoms with Gasteiger partial charge in [-0.2, -0.15) is 0 Å². The van der Waals surface area contributed by atoms with Crippen molar-refractivity contribution in [1.29, 1.82) is 0 Å². The first-order chi connectivity index (χ1) is 8.02. The van der Waals surface area contributed by atoms with Gasteiger partial charge in [-0.3, -0.25) is 10.0 Å². The van der Waals surface area contributed by atoms with E-state index in [1.807, 2.05) is 0 Å². The Morgan fingerprint density at radius 1 is 1.35 bits per heavy atom. The summed E-state index contributed by atoms with van der Waals surface area (Å²) in [5, 5.41) is 8.76. The average molecular weight is 238 g/mol. The van der Waals surface area contributed by atoms with Gasteiger partial charge in [0.25, 0.3) is 5.91 Å². The highest BCUT2D eigenvalue weighted by Gasteiger charge is 2.13. The van der Waals surface area contributed by atoms with Crippen molar-refractivity contribution in [3.05, 3.63) is 41.1 Å². The third-order valence-electron chi connectivity index (χ3n) is 2.37. The minimum absolute atomic E-state index is 0.106. The van der Waals surface area contributed by atoms with Crippen LogP contribution in [0.1, 0.15) is 16.1 Å². The van der Waals surface area contributed by atoms with E-state index in [0.29, 0.717) is 11.6 Å². The molecular weight excluding hydrogens is 230 g/mol. The number of carbonyl (C=O) groups is 1. The molecule has 1 aromatic heterocycles. The van der Waals surface area contributed by atoms with Crippen molar-refractivity contribution in [2.75, 3.05) is 0 Å². The maximum Gasteiger partial charge on any atom is 0.293 e. The molecule has 0 spiro atoms. The second kappa shape index (κ2) is 4.06. The maximum absolute atomic E-state index is 13.5. The number of fused-ring (bicyclic) bond motifs is 1. The SMILES string of the molecule is Cc1cc(C(=O)NO)nc2c(F)cc(F)cc12. The number of rotatable bonds is 1. The van der Waals surface area contributed by atoms with Gasteiger partial charge in [-0.25, -0.2) is 19.2 Å².